The second-order valence-electron chi connectivity index (χ2n) is 4.89. The Balaban J connectivity index is 1.64. The number of amidine groups is 1. The van der Waals surface area contributed by atoms with E-state index in [-0.39, 0.29) is 18.2 Å². The maximum absolute atomic E-state index is 12.0. The van der Waals surface area contributed by atoms with Crippen LogP contribution in [0.25, 0.3) is 11.0 Å². The smallest absolute Gasteiger partial charge is 0.247 e. The highest BCUT2D eigenvalue weighted by atomic mass is 32.2. The molecule has 2 heterocycles. The zero-order chi connectivity index (χ0) is 16.2. The molecule has 23 heavy (non-hydrogen) atoms. The third-order valence-electron chi connectivity index (χ3n) is 3.21. The first kappa shape index (κ1) is 15.3. The van der Waals surface area contributed by atoms with E-state index in [9.17, 15) is 9.59 Å². The molecular weight excluding hydrogens is 314 g/mol. The number of hydrogen-bond donors (Lipinski definition) is 2. The van der Waals surface area contributed by atoms with Crippen molar-refractivity contribution in [2.45, 2.75) is 6.42 Å². The normalized spacial score (nSPS) is 16.3. The summed E-state index contributed by atoms with van der Waals surface area (Å²) < 4.78 is 0. The molecule has 0 spiro atoms. The van der Waals surface area contributed by atoms with Gasteiger partial charge in [-0.25, -0.2) is 10.4 Å². The summed E-state index contributed by atoms with van der Waals surface area (Å²) >= 11 is 1.29. The number of fused-ring (bicyclic) bond motifs is 1. The molecule has 0 bridgehead atoms. The summed E-state index contributed by atoms with van der Waals surface area (Å²) in [4.78, 5) is 32.6. The summed E-state index contributed by atoms with van der Waals surface area (Å²) in [6.45, 7) is 3.99. The number of hydrogen-bond acceptors (Lipinski definition) is 5. The maximum atomic E-state index is 12.0. The van der Waals surface area contributed by atoms with Gasteiger partial charge in [0.05, 0.1) is 23.2 Å². The molecule has 3 rings (SSSR count). The van der Waals surface area contributed by atoms with Crippen molar-refractivity contribution in [1.29, 1.82) is 0 Å². The van der Waals surface area contributed by atoms with Gasteiger partial charge >= 0.3 is 0 Å². The third kappa shape index (κ3) is 3.42. The topological polar surface area (TPSA) is 90.4 Å². The van der Waals surface area contributed by atoms with Crippen LogP contribution < -0.4 is 5.43 Å². The van der Waals surface area contributed by atoms with Crippen LogP contribution in [0.4, 0.5) is 0 Å². The Morgan fingerprint density at radius 3 is 3.13 bits per heavy atom. The molecule has 0 atom stereocenters. The molecule has 1 aromatic heterocycles. The number of amides is 2. The van der Waals surface area contributed by atoms with E-state index in [2.05, 4.69) is 27.1 Å². The number of benzene rings is 1. The fourth-order valence-electron chi connectivity index (χ4n) is 2.18. The molecule has 118 valence electrons. The van der Waals surface area contributed by atoms with Gasteiger partial charge in [-0.05, 0) is 12.1 Å². The van der Waals surface area contributed by atoms with Gasteiger partial charge in [0.15, 0.2) is 5.17 Å². The van der Waals surface area contributed by atoms with Crippen molar-refractivity contribution < 1.29 is 9.59 Å². The van der Waals surface area contributed by atoms with Gasteiger partial charge < -0.3 is 4.98 Å². The van der Waals surface area contributed by atoms with E-state index in [1.54, 1.807) is 6.08 Å². The number of nitrogens with one attached hydrogen (secondary N) is 2. The molecule has 2 N–H and O–H groups in total. The Bertz CT molecular complexity index is 765. The first-order valence-electron chi connectivity index (χ1n) is 7.01. The van der Waals surface area contributed by atoms with Gasteiger partial charge in [0.1, 0.15) is 5.82 Å². The van der Waals surface area contributed by atoms with Gasteiger partial charge in [0, 0.05) is 6.54 Å². The molecule has 7 nitrogen and oxygen atoms in total. The van der Waals surface area contributed by atoms with E-state index in [1.165, 1.54) is 16.7 Å². The van der Waals surface area contributed by atoms with Crippen LogP contribution in [0.3, 0.4) is 0 Å². The molecule has 0 saturated carbocycles. The zero-order valence-corrected chi connectivity index (χ0v) is 13.1. The number of carbonyl (C=O) groups excluding carboxylic acids is 2. The predicted octanol–water partition coefficient (Wildman–Crippen LogP) is 1.25. The molecule has 2 amide bonds. The zero-order valence-electron chi connectivity index (χ0n) is 12.3. The summed E-state index contributed by atoms with van der Waals surface area (Å²) in [5.74, 6) is 0.559. The van der Waals surface area contributed by atoms with E-state index < -0.39 is 0 Å². The van der Waals surface area contributed by atoms with Gasteiger partial charge in [-0.1, -0.05) is 30.0 Å². The number of nitrogens with zero attached hydrogens (tertiary/aromatic N) is 3. The first-order chi connectivity index (χ1) is 11.2. The highest BCUT2D eigenvalue weighted by Crippen LogP contribution is 2.18. The van der Waals surface area contributed by atoms with Gasteiger partial charge in [-0.15, -0.1) is 11.7 Å². The third-order valence-corrected chi connectivity index (χ3v) is 4.17. The Labute approximate surface area is 136 Å². The van der Waals surface area contributed by atoms with Crippen molar-refractivity contribution >= 4 is 39.8 Å². The molecule has 0 aliphatic carbocycles. The first-order valence-corrected chi connectivity index (χ1v) is 8.00. The minimum Gasteiger partial charge on any atom is -0.342 e. The lowest BCUT2D eigenvalue weighted by molar-refractivity contribution is -0.124. The van der Waals surface area contributed by atoms with E-state index in [0.717, 1.165) is 11.0 Å². The van der Waals surface area contributed by atoms with Gasteiger partial charge in [-0.2, -0.15) is 0 Å². The van der Waals surface area contributed by atoms with Crippen LogP contribution in [0.1, 0.15) is 5.82 Å². The van der Waals surface area contributed by atoms with Crippen molar-refractivity contribution in [1.82, 2.24) is 20.3 Å². The number of thioether (sulfide) groups is 1. The summed E-state index contributed by atoms with van der Waals surface area (Å²) in [6, 6.07) is 7.57. The van der Waals surface area contributed by atoms with Crippen LogP contribution in [-0.2, 0) is 16.0 Å². The van der Waals surface area contributed by atoms with Crippen molar-refractivity contribution in [3.8, 4) is 0 Å². The lowest BCUT2D eigenvalue weighted by atomic mass is 10.3. The Morgan fingerprint density at radius 2 is 2.35 bits per heavy atom. The van der Waals surface area contributed by atoms with Crippen LogP contribution in [0.5, 0.6) is 0 Å². The summed E-state index contributed by atoms with van der Waals surface area (Å²) in [7, 11) is 0. The molecule has 1 aliphatic rings. The lowest BCUT2D eigenvalue weighted by Gasteiger charge is -2.12. The number of imidazole rings is 1. The molecule has 1 saturated heterocycles. The molecular formula is C15H15N5O2S. The van der Waals surface area contributed by atoms with E-state index in [4.69, 9.17) is 0 Å². The van der Waals surface area contributed by atoms with Gasteiger partial charge in [-0.3, -0.25) is 14.5 Å². The highest BCUT2D eigenvalue weighted by molar-refractivity contribution is 8.15. The fourth-order valence-corrected chi connectivity index (χ4v) is 3.03. The quantitative estimate of drug-likeness (QED) is 0.638. The van der Waals surface area contributed by atoms with Crippen LogP contribution in [-0.4, -0.2) is 44.1 Å². The number of H-pyrrole nitrogens is 1. The molecule has 1 fully saturated rings. The number of hydrazone groups is 1. The van der Waals surface area contributed by atoms with Crippen LogP contribution in [0, 0.1) is 0 Å². The number of para-hydroxylation sites is 2. The number of rotatable bonds is 5. The Kier molecular flexibility index (Phi) is 4.42. The van der Waals surface area contributed by atoms with Gasteiger partial charge in [0.25, 0.3) is 0 Å². The monoisotopic (exact) mass is 329 g/mol. The van der Waals surface area contributed by atoms with Crippen molar-refractivity contribution in [3.05, 3.63) is 42.7 Å². The minimum absolute atomic E-state index is 0.0415. The average molecular weight is 329 g/mol. The fraction of sp³-hybridized carbons (Fsp3) is 0.200. The molecule has 8 heteroatoms. The molecule has 2 aromatic rings. The summed E-state index contributed by atoms with van der Waals surface area (Å²) in [5, 5.41) is 4.50. The lowest BCUT2D eigenvalue weighted by Crippen LogP contribution is -2.32. The Hall–Kier alpha value is -2.61. The van der Waals surface area contributed by atoms with Gasteiger partial charge in [0.2, 0.25) is 11.8 Å². The second-order valence-corrected chi connectivity index (χ2v) is 5.83. The molecule has 0 unspecified atom stereocenters. The van der Waals surface area contributed by atoms with Crippen LogP contribution >= 0.6 is 11.8 Å². The van der Waals surface area contributed by atoms with Crippen LogP contribution in [0.15, 0.2) is 42.0 Å². The van der Waals surface area contributed by atoms with Crippen molar-refractivity contribution in [3.63, 3.8) is 0 Å². The largest absolute Gasteiger partial charge is 0.342 e. The SMILES string of the molecule is C=CCN1C(=O)CS/C1=N\NC(=O)Cc1nc2ccccc2[nH]1. The average Bonchev–Trinajstić information content (AvgIpc) is 3.09. The molecule has 0 radical (unpaired) electrons. The van der Waals surface area contributed by atoms with E-state index in [0.29, 0.717) is 23.3 Å². The minimum atomic E-state index is -0.296. The van der Waals surface area contributed by atoms with E-state index >= 15 is 0 Å². The maximum Gasteiger partial charge on any atom is 0.247 e. The van der Waals surface area contributed by atoms with Crippen LogP contribution in [0.2, 0.25) is 0 Å². The number of carbonyl (C=O) groups is 2. The number of aromatic amines is 1. The summed E-state index contributed by atoms with van der Waals surface area (Å²) in [6.07, 6.45) is 1.71. The van der Waals surface area contributed by atoms with E-state index in [1.807, 2.05) is 24.3 Å². The number of aromatic nitrogens is 2. The Morgan fingerprint density at radius 1 is 1.52 bits per heavy atom. The molecule has 1 aromatic carbocycles. The predicted molar refractivity (Wildman–Crippen MR) is 89.7 cm³/mol. The molecule has 1 aliphatic heterocycles. The van der Waals surface area contributed by atoms with Crippen molar-refractivity contribution in [2.24, 2.45) is 5.10 Å². The standard InChI is InChI=1S/C15H15N5O2S/c1-2-7-20-14(22)9-23-15(20)19-18-13(21)8-12-16-10-5-3-4-6-11(10)17-12/h2-6H,1,7-9H2,(H,16,17)(H,18,21)/b19-15-. The van der Waals surface area contributed by atoms with Crippen molar-refractivity contribution in [2.75, 3.05) is 12.3 Å². The highest BCUT2D eigenvalue weighted by Gasteiger charge is 2.27. The second kappa shape index (κ2) is 6.66. The summed E-state index contributed by atoms with van der Waals surface area (Å²) in [5.41, 5.74) is 4.17.